The molecule has 1 saturated carbocycles. The molecule has 3 rings (SSSR count). The van der Waals surface area contributed by atoms with Crippen molar-refractivity contribution in [2.45, 2.75) is 57.3 Å². The van der Waals surface area contributed by atoms with Crippen LogP contribution in [0.25, 0.3) is 0 Å². The van der Waals surface area contributed by atoms with Crippen LogP contribution in [-0.4, -0.2) is 34.8 Å². The van der Waals surface area contributed by atoms with E-state index in [1.54, 1.807) is 13.0 Å². The van der Waals surface area contributed by atoms with Crippen LogP contribution in [0.1, 0.15) is 43.7 Å². The van der Waals surface area contributed by atoms with Crippen molar-refractivity contribution in [1.82, 2.24) is 0 Å². The molecule has 2 aliphatic rings. The second-order valence-corrected chi connectivity index (χ2v) is 7.05. The van der Waals surface area contributed by atoms with E-state index in [2.05, 4.69) is 0 Å². The summed E-state index contributed by atoms with van der Waals surface area (Å²) in [5.74, 6) is -1.04. The first-order valence-corrected chi connectivity index (χ1v) is 8.32. The third-order valence-electron chi connectivity index (χ3n) is 5.50. The van der Waals surface area contributed by atoms with Crippen LogP contribution in [0.2, 0.25) is 0 Å². The Morgan fingerprint density at radius 1 is 1.17 bits per heavy atom. The summed E-state index contributed by atoms with van der Waals surface area (Å²) in [5.41, 5.74) is 0.351. The molecule has 0 amide bonds. The Morgan fingerprint density at radius 2 is 1.78 bits per heavy atom. The van der Waals surface area contributed by atoms with Gasteiger partial charge in [0.05, 0.1) is 18.8 Å². The minimum atomic E-state index is -0.835. The lowest BCUT2D eigenvalue weighted by atomic mass is 9.72. The number of halogens is 1. The van der Waals surface area contributed by atoms with Crippen LogP contribution in [0.5, 0.6) is 5.75 Å². The minimum absolute atomic E-state index is 0.0345. The third kappa shape index (κ3) is 3.23. The fraction of sp³-hybridized carbons (Fsp3) is 0.667. The van der Waals surface area contributed by atoms with E-state index in [1.807, 2.05) is 6.92 Å². The van der Waals surface area contributed by atoms with Crippen molar-refractivity contribution >= 4 is 0 Å². The molecule has 1 spiro atoms. The number of benzene rings is 1. The molecule has 2 N–H and O–H groups in total. The summed E-state index contributed by atoms with van der Waals surface area (Å²) in [7, 11) is 0. The molecule has 4 nitrogen and oxygen atoms in total. The number of aryl methyl sites for hydroxylation is 1. The molecule has 2 fully saturated rings. The van der Waals surface area contributed by atoms with E-state index in [1.165, 1.54) is 0 Å². The average Bonchev–Trinajstić information content (AvgIpc) is 2.97. The standard InChI is InChI=1S/C18H25FO4/c1-12-9-14(15(19)11-16(12)20)10-13(2)17(21)3-5-18(6-4-17)22-7-8-23-18/h9,11,13,20-21H,3-8,10H2,1-2H3. The molecular formula is C18H25FO4. The number of phenolic OH excluding ortho intramolecular Hbond substituents is 1. The van der Waals surface area contributed by atoms with Gasteiger partial charge in [0.15, 0.2) is 5.79 Å². The lowest BCUT2D eigenvalue weighted by Crippen LogP contribution is -2.47. The van der Waals surface area contributed by atoms with E-state index < -0.39 is 17.2 Å². The van der Waals surface area contributed by atoms with Gasteiger partial charge in [-0.15, -0.1) is 0 Å². The van der Waals surface area contributed by atoms with E-state index in [9.17, 15) is 14.6 Å². The molecule has 0 bridgehead atoms. The quantitative estimate of drug-likeness (QED) is 0.897. The SMILES string of the molecule is Cc1cc(CC(C)C2(O)CCC3(CC2)OCCO3)c(F)cc1O. The zero-order valence-corrected chi connectivity index (χ0v) is 13.8. The van der Waals surface area contributed by atoms with Crippen molar-refractivity contribution in [1.29, 1.82) is 0 Å². The number of hydrogen-bond donors (Lipinski definition) is 2. The largest absolute Gasteiger partial charge is 0.508 e. The number of phenols is 1. The second kappa shape index (κ2) is 6.04. The fourth-order valence-corrected chi connectivity index (χ4v) is 3.75. The highest BCUT2D eigenvalue weighted by molar-refractivity contribution is 5.36. The zero-order chi connectivity index (χ0) is 16.7. The molecule has 1 atom stereocenters. The summed E-state index contributed by atoms with van der Waals surface area (Å²) >= 11 is 0. The molecule has 0 radical (unpaired) electrons. The van der Waals surface area contributed by atoms with Gasteiger partial charge < -0.3 is 19.7 Å². The van der Waals surface area contributed by atoms with Crippen LogP contribution in [-0.2, 0) is 15.9 Å². The summed E-state index contributed by atoms with van der Waals surface area (Å²) < 4.78 is 25.4. The molecular weight excluding hydrogens is 299 g/mol. The highest BCUT2D eigenvalue weighted by atomic mass is 19.1. The molecule has 128 valence electrons. The maximum Gasteiger partial charge on any atom is 0.168 e. The fourth-order valence-electron chi connectivity index (χ4n) is 3.75. The van der Waals surface area contributed by atoms with Crippen molar-refractivity contribution < 1.29 is 24.1 Å². The molecule has 1 heterocycles. The second-order valence-electron chi connectivity index (χ2n) is 7.05. The maximum absolute atomic E-state index is 14.0. The van der Waals surface area contributed by atoms with Crippen molar-refractivity contribution in [3.05, 3.63) is 29.1 Å². The highest BCUT2D eigenvalue weighted by Gasteiger charge is 2.47. The van der Waals surface area contributed by atoms with Gasteiger partial charge >= 0.3 is 0 Å². The molecule has 1 aromatic carbocycles. The Kier molecular flexibility index (Phi) is 4.38. The summed E-state index contributed by atoms with van der Waals surface area (Å²) in [6.07, 6.45) is 2.97. The number of hydrogen-bond acceptors (Lipinski definition) is 4. The van der Waals surface area contributed by atoms with E-state index in [-0.39, 0.29) is 11.7 Å². The first-order valence-electron chi connectivity index (χ1n) is 8.32. The van der Waals surface area contributed by atoms with Crippen molar-refractivity contribution in [3.63, 3.8) is 0 Å². The van der Waals surface area contributed by atoms with E-state index >= 15 is 0 Å². The molecule has 23 heavy (non-hydrogen) atoms. The zero-order valence-electron chi connectivity index (χ0n) is 13.8. The molecule has 5 heteroatoms. The van der Waals surface area contributed by atoms with E-state index in [0.717, 1.165) is 6.07 Å². The van der Waals surface area contributed by atoms with Crippen LogP contribution < -0.4 is 0 Å². The minimum Gasteiger partial charge on any atom is -0.508 e. The Labute approximate surface area is 136 Å². The van der Waals surface area contributed by atoms with E-state index in [0.29, 0.717) is 56.4 Å². The van der Waals surface area contributed by atoms with Crippen molar-refractivity contribution in [2.24, 2.45) is 5.92 Å². The summed E-state index contributed by atoms with van der Waals surface area (Å²) in [5, 5.41) is 20.5. The number of ether oxygens (including phenoxy) is 2. The number of rotatable bonds is 3. The Bertz CT molecular complexity index is 571. The van der Waals surface area contributed by atoms with Crippen LogP contribution >= 0.6 is 0 Å². The molecule has 1 aliphatic heterocycles. The summed E-state index contributed by atoms with van der Waals surface area (Å²) in [4.78, 5) is 0. The van der Waals surface area contributed by atoms with Gasteiger partial charge in [-0.1, -0.05) is 6.92 Å². The lowest BCUT2D eigenvalue weighted by Gasteiger charge is -2.43. The normalized spacial score (nSPS) is 24.0. The lowest BCUT2D eigenvalue weighted by molar-refractivity contribution is -0.209. The van der Waals surface area contributed by atoms with E-state index in [4.69, 9.17) is 9.47 Å². The van der Waals surface area contributed by atoms with Gasteiger partial charge in [0.25, 0.3) is 0 Å². The van der Waals surface area contributed by atoms with Gasteiger partial charge in [-0.25, -0.2) is 4.39 Å². The predicted octanol–water partition coefficient (Wildman–Crippen LogP) is 3.07. The number of aromatic hydroxyl groups is 1. The monoisotopic (exact) mass is 324 g/mol. The van der Waals surface area contributed by atoms with Gasteiger partial charge in [-0.2, -0.15) is 0 Å². The van der Waals surface area contributed by atoms with Crippen molar-refractivity contribution in [2.75, 3.05) is 13.2 Å². The van der Waals surface area contributed by atoms with Crippen LogP contribution in [0, 0.1) is 18.7 Å². The van der Waals surface area contributed by atoms with Gasteiger partial charge in [-0.3, -0.25) is 0 Å². The van der Waals surface area contributed by atoms with Crippen LogP contribution in [0.3, 0.4) is 0 Å². The molecule has 1 aromatic rings. The predicted molar refractivity (Wildman–Crippen MR) is 83.7 cm³/mol. The molecule has 0 aromatic heterocycles. The van der Waals surface area contributed by atoms with Gasteiger partial charge in [0.2, 0.25) is 0 Å². The van der Waals surface area contributed by atoms with Crippen molar-refractivity contribution in [3.8, 4) is 5.75 Å². The topological polar surface area (TPSA) is 58.9 Å². The van der Waals surface area contributed by atoms with Gasteiger partial charge in [0.1, 0.15) is 11.6 Å². The maximum atomic E-state index is 14.0. The molecule has 1 saturated heterocycles. The van der Waals surface area contributed by atoms with Gasteiger partial charge in [-0.05, 0) is 49.3 Å². The van der Waals surface area contributed by atoms with Gasteiger partial charge in [0, 0.05) is 18.9 Å². The average molecular weight is 324 g/mol. The first-order chi connectivity index (χ1) is 10.8. The highest BCUT2D eigenvalue weighted by Crippen LogP contribution is 2.44. The summed E-state index contributed by atoms with van der Waals surface area (Å²) in [6, 6.07) is 2.82. The summed E-state index contributed by atoms with van der Waals surface area (Å²) in [6.45, 7) is 4.94. The third-order valence-corrected chi connectivity index (χ3v) is 5.50. The number of aliphatic hydroxyl groups is 1. The smallest absolute Gasteiger partial charge is 0.168 e. The Morgan fingerprint density at radius 3 is 2.39 bits per heavy atom. The van der Waals surface area contributed by atoms with Crippen LogP contribution in [0.4, 0.5) is 4.39 Å². The van der Waals surface area contributed by atoms with Crippen LogP contribution in [0.15, 0.2) is 12.1 Å². The molecule has 1 unspecified atom stereocenters. The Hall–Kier alpha value is -1.17. The molecule has 1 aliphatic carbocycles. The first kappa shape index (κ1) is 16.7. The Balaban J connectivity index is 1.68.